The van der Waals surface area contributed by atoms with E-state index >= 15 is 0 Å². The van der Waals surface area contributed by atoms with Gasteiger partial charge in [0.25, 0.3) is 0 Å². The Hall–Kier alpha value is -1.48. The van der Waals surface area contributed by atoms with Crippen molar-refractivity contribution < 1.29 is 9.47 Å². The second-order valence-electron chi connectivity index (χ2n) is 5.06. The molecule has 0 amide bonds. The lowest BCUT2D eigenvalue weighted by molar-refractivity contribution is 0.245. The quantitative estimate of drug-likeness (QED) is 0.515. The molecule has 0 heterocycles. The Morgan fingerprint density at radius 2 is 1.52 bits per heavy atom. The molecule has 0 bridgehead atoms. The summed E-state index contributed by atoms with van der Waals surface area (Å²) in [6.45, 7) is 5.52. The molecule has 2 aromatic carbocycles. The topological polar surface area (TPSA) is 18.5 Å². The Morgan fingerprint density at radius 3 is 2.14 bits per heavy atom. The van der Waals surface area contributed by atoms with Gasteiger partial charge >= 0.3 is 0 Å². The normalized spacial score (nSPS) is 10.4. The molecule has 0 radical (unpaired) electrons. The Kier molecular flexibility index (Phi) is 6.12. The van der Waals surface area contributed by atoms with E-state index in [1.165, 1.54) is 16.7 Å². The molecule has 0 aliphatic heterocycles. The minimum atomic E-state index is 0.668. The highest BCUT2D eigenvalue weighted by atomic mass is 79.9. The highest BCUT2D eigenvalue weighted by molar-refractivity contribution is 9.08. The molecule has 21 heavy (non-hydrogen) atoms. The average Bonchev–Trinajstić information content (AvgIpc) is 2.50. The summed E-state index contributed by atoms with van der Waals surface area (Å²) >= 11 is 3.49. The largest absolute Gasteiger partial charge is 0.493 e. The highest BCUT2D eigenvalue weighted by Gasteiger charge is 2.06. The standard InChI is InChI=1S/C18H21BrO2/c1-14-11-16(13-19)12-15(2)18(14)21-10-6-9-20-17-7-4-3-5-8-17/h3-5,7-8,11-12H,6,9-10,13H2,1-2H3. The second kappa shape index (κ2) is 8.08. The van der Waals surface area contributed by atoms with Crippen molar-refractivity contribution in [3.8, 4) is 11.5 Å². The smallest absolute Gasteiger partial charge is 0.125 e. The van der Waals surface area contributed by atoms with Crippen LogP contribution >= 0.6 is 15.9 Å². The van der Waals surface area contributed by atoms with Crippen LogP contribution in [0.3, 0.4) is 0 Å². The van der Waals surface area contributed by atoms with Crippen LogP contribution in [0.15, 0.2) is 42.5 Å². The fraction of sp³-hybridized carbons (Fsp3) is 0.333. The molecule has 2 aromatic rings. The number of alkyl halides is 1. The maximum atomic E-state index is 5.91. The first kappa shape index (κ1) is 15.9. The lowest BCUT2D eigenvalue weighted by Crippen LogP contribution is -2.06. The lowest BCUT2D eigenvalue weighted by Gasteiger charge is -2.14. The maximum absolute atomic E-state index is 5.91. The summed E-state index contributed by atoms with van der Waals surface area (Å²) in [6, 6.07) is 14.2. The molecular weight excluding hydrogens is 328 g/mol. The van der Waals surface area contributed by atoms with Gasteiger partial charge < -0.3 is 9.47 Å². The van der Waals surface area contributed by atoms with Crippen LogP contribution in [0.2, 0.25) is 0 Å². The van der Waals surface area contributed by atoms with E-state index in [1.54, 1.807) is 0 Å². The van der Waals surface area contributed by atoms with Crippen LogP contribution in [-0.2, 0) is 5.33 Å². The Bertz CT molecular complexity index is 544. The number of aryl methyl sites for hydroxylation is 2. The third-order valence-electron chi connectivity index (χ3n) is 3.22. The van der Waals surface area contributed by atoms with E-state index < -0.39 is 0 Å². The lowest BCUT2D eigenvalue weighted by atomic mass is 10.1. The van der Waals surface area contributed by atoms with Crippen LogP contribution in [0.4, 0.5) is 0 Å². The first-order valence-corrected chi connectivity index (χ1v) is 8.29. The number of hydrogen-bond acceptors (Lipinski definition) is 2. The number of ether oxygens (including phenoxy) is 2. The van der Waals surface area contributed by atoms with Gasteiger partial charge in [0.15, 0.2) is 0 Å². The van der Waals surface area contributed by atoms with E-state index in [0.717, 1.165) is 23.2 Å². The van der Waals surface area contributed by atoms with Gasteiger partial charge in [0.05, 0.1) is 13.2 Å². The molecule has 0 unspecified atom stereocenters. The minimum absolute atomic E-state index is 0.668. The highest BCUT2D eigenvalue weighted by Crippen LogP contribution is 2.25. The van der Waals surface area contributed by atoms with Crippen molar-refractivity contribution in [2.45, 2.75) is 25.6 Å². The molecule has 0 saturated carbocycles. The molecule has 0 aliphatic rings. The second-order valence-corrected chi connectivity index (χ2v) is 5.62. The van der Waals surface area contributed by atoms with E-state index in [9.17, 15) is 0 Å². The third kappa shape index (κ3) is 4.78. The number of rotatable bonds is 7. The zero-order valence-electron chi connectivity index (χ0n) is 12.6. The van der Waals surface area contributed by atoms with E-state index in [4.69, 9.17) is 9.47 Å². The van der Waals surface area contributed by atoms with E-state index in [1.807, 2.05) is 30.3 Å². The van der Waals surface area contributed by atoms with E-state index in [-0.39, 0.29) is 0 Å². The molecule has 112 valence electrons. The van der Waals surface area contributed by atoms with Crippen LogP contribution in [0, 0.1) is 13.8 Å². The van der Waals surface area contributed by atoms with Gasteiger partial charge in [-0.25, -0.2) is 0 Å². The molecule has 2 nitrogen and oxygen atoms in total. The fourth-order valence-corrected chi connectivity index (χ4v) is 2.61. The zero-order valence-corrected chi connectivity index (χ0v) is 14.2. The summed E-state index contributed by atoms with van der Waals surface area (Å²) in [5.74, 6) is 1.91. The van der Waals surface area contributed by atoms with Gasteiger partial charge in [-0.15, -0.1) is 0 Å². The van der Waals surface area contributed by atoms with Gasteiger partial charge in [0.2, 0.25) is 0 Å². The summed E-state index contributed by atoms with van der Waals surface area (Å²) in [7, 11) is 0. The molecule has 3 heteroatoms. The van der Waals surface area contributed by atoms with Crippen molar-refractivity contribution in [2.24, 2.45) is 0 Å². The summed E-state index contributed by atoms with van der Waals surface area (Å²) in [5.41, 5.74) is 3.66. The van der Waals surface area contributed by atoms with Crippen LogP contribution in [0.5, 0.6) is 11.5 Å². The van der Waals surface area contributed by atoms with E-state index in [2.05, 4.69) is 41.9 Å². The monoisotopic (exact) mass is 348 g/mol. The number of benzene rings is 2. The Balaban J connectivity index is 1.79. The van der Waals surface area contributed by atoms with Crippen molar-refractivity contribution in [3.63, 3.8) is 0 Å². The molecule has 0 spiro atoms. The molecular formula is C18H21BrO2. The van der Waals surface area contributed by atoms with Crippen LogP contribution < -0.4 is 9.47 Å². The summed E-state index contributed by atoms with van der Waals surface area (Å²) in [6.07, 6.45) is 0.869. The predicted octanol–water partition coefficient (Wildman–Crippen LogP) is 5.05. The Labute approximate surface area is 135 Å². The van der Waals surface area contributed by atoms with E-state index in [0.29, 0.717) is 13.2 Å². The third-order valence-corrected chi connectivity index (χ3v) is 3.87. The molecule has 0 saturated heterocycles. The maximum Gasteiger partial charge on any atom is 0.125 e. The summed E-state index contributed by atoms with van der Waals surface area (Å²) in [4.78, 5) is 0. The van der Waals surface area contributed by atoms with Gasteiger partial charge in [-0.2, -0.15) is 0 Å². The van der Waals surface area contributed by atoms with Gasteiger partial charge in [0, 0.05) is 11.8 Å². The van der Waals surface area contributed by atoms with Crippen LogP contribution in [0.1, 0.15) is 23.1 Å². The Morgan fingerprint density at radius 1 is 0.905 bits per heavy atom. The summed E-state index contributed by atoms with van der Waals surface area (Å²) < 4.78 is 11.6. The molecule has 0 fully saturated rings. The fourth-order valence-electron chi connectivity index (χ4n) is 2.28. The first-order chi connectivity index (χ1) is 10.2. The minimum Gasteiger partial charge on any atom is -0.493 e. The summed E-state index contributed by atoms with van der Waals surface area (Å²) in [5, 5.41) is 0.875. The van der Waals surface area contributed by atoms with Crippen molar-refractivity contribution in [1.29, 1.82) is 0 Å². The zero-order chi connectivity index (χ0) is 15.1. The molecule has 0 aliphatic carbocycles. The van der Waals surface area contributed by atoms with Crippen molar-refractivity contribution in [2.75, 3.05) is 13.2 Å². The molecule has 0 aromatic heterocycles. The predicted molar refractivity (Wildman–Crippen MR) is 90.6 cm³/mol. The van der Waals surface area contributed by atoms with Crippen LogP contribution in [-0.4, -0.2) is 13.2 Å². The van der Waals surface area contributed by atoms with Crippen molar-refractivity contribution in [1.82, 2.24) is 0 Å². The van der Waals surface area contributed by atoms with Crippen molar-refractivity contribution in [3.05, 3.63) is 59.2 Å². The molecule has 2 rings (SSSR count). The molecule has 0 atom stereocenters. The van der Waals surface area contributed by atoms with Gasteiger partial charge in [-0.1, -0.05) is 46.3 Å². The number of para-hydroxylation sites is 1. The SMILES string of the molecule is Cc1cc(CBr)cc(C)c1OCCCOc1ccccc1. The number of hydrogen-bond donors (Lipinski definition) is 0. The van der Waals surface area contributed by atoms with Crippen LogP contribution in [0.25, 0.3) is 0 Å². The molecule has 0 N–H and O–H groups in total. The first-order valence-electron chi connectivity index (χ1n) is 7.17. The van der Waals surface area contributed by atoms with Gasteiger partial charge in [-0.05, 0) is 42.7 Å². The number of halogens is 1. The average molecular weight is 349 g/mol. The van der Waals surface area contributed by atoms with Gasteiger partial charge in [0.1, 0.15) is 11.5 Å². The van der Waals surface area contributed by atoms with Crippen molar-refractivity contribution >= 4 is 15.9 Å². The van der Waals surface area contributed by atoms with Gasteiger partial charge in [-0.3, -0.25) is 0 Å².